The Morgan fingerprint density at radius 3 is 1.86 bits per heavy atom. The summed E-state index contributed by atoms with van der Waals surface area (Å²) >= 11 is 0. The quantitative estimate of drug-likeness (QED) is 0.122. The number of ether oxygens (including phenoxy) is 4. The minimum absolute atomic E-state index is 0.562. The Morgan fingerprint density at radius 2 is 1.31 bits per heavy atom. The molecule has 42 heavy (non-hydrogen) atoms. The van der Waals surface area contributed by atoms with Crippen molar-refractivity contribution in [3.05, 3.63) is 47.5 Å². The fourth-order valence-corrected chi connectivity index (χ4v) is 5.77. The van der Waals surface area contributed by atoms with Crippen LogP contribution in [0.2, 0.25) is 0 Å². The van der Waals surface area contributed by atoms with Crippen molar-refractivity contribution in [2.24, 2.45) is 0 Å². The molecule has 1 atom stereocenters. The van der Waals surface area contributed by atoms with E-state index in [0.29, 0.717) is 17.2 Å². The second-order valence-corrected chi connectivity index (χ2v) is 11.5. The summed E-state index contributed by atoms with van der Waals surface area (Å²) in [5, 5.41) is 10.7. The highest BCUT2D eigenvalue weighted by molar-refractivity contribution is 5.56. The predicted octanol–water partition coefficient (Wildman–Crippen LogP) is 8.75. The van der Waals surface area contributed by atoms with Gasteiger partial charge in [0.2, 0.25) is 5.75 Å². The highest BCUT2D eigenvalue weighted by Crippen LogP contribution is 2.44. The van der Waals surface area contributed by atoms with E-state index in [1.54, 1.807) is 28.4 Å². The third-order valence-corrected chi connectivity index (χ3v) is 8.45. The summed E-state index contributed by atoms with van der Waals surface area (Å²) in [5.41, 5.74) is 1.61. The molecule has 0 saturated carbocycles. The van der Waals surface area contributed by atoms with Gasteiger partial charge in [-0.1, -0.05) is 83.3 Å². The first-order chi connectivity index (χ1) is 20.5. The first-order valence-corrected chi connectivity index (χ1v) is 16.0. The van der Waals surface area contributed by atoms with Crippen molar-refractivity contribution in [3.8, 4) is 29.1 Å². The van der Waals surface area contributed by atoms with Crippen LogP contribution in [0, 0.1) is 11.3 Å². The maximum atomic E-state index is 10.7. The van der Waals surface area contributed by atoms with Crippen LogP contribution in [0.5, 0.6) is 23.0 Å². The van der Waals surface area contributed by atoms with Gasteiger partial charge >= 0.3 is 0 Å². The van der Waals surface area contributed by atoms with Crippen LogP contribution in [-0.2, 0) is 11.8 Å². The molecule has 0 N–H and O–H groups in total. The van der Waals surface area contributed by atoms with Gasteiger partial charge in [0.1, 0.15) is 5.75 Å². The van der Waals surface area contributed by atoms with Crippen molar-refractivity contribution in [3.63, 3.8) is 0 Å². The summed E-state index contributed by atoms with van der Waals surface area (Å²) in [4.78, 5) is 2.36. The zero-order valence-corrected chi connectivity index (χ0v) is 27.3. The monoisotopic (exact) mass is 580 g/mol. The van der Waals surface area contributed by atoms with Crippen LogP contribution in [0.15, 0.2) is 36.4 Å². The molecule has 6 nitrogen and oxygen atoms in total. The molecule has 0 unspecified atom stereocenters. The van der Waals surface area contributed by atoms with Gasteiger partial charge < -0.3 is 23.8 Å². The molecule has 0 bridgehead atoms. The zero-order valence-electron chi connectivity index (χ0n) is 27.3. The molecule has 234 valence electrons. The maximum absolute atomic E-state index is 10.7. The second-order valence-electron chi connectivity index (χ2n) is 11.5. The average molecular weight is 581 g/mol. The Hall–Kier alpha value is -2.91. The SMILES string of the molecule is CCCCCCCCCCCC[C@@](C#N)(CCCN(C)CCc1cccc(OC)c1)c1cc(OC)c(OC)c(OC)c1. The molecule has 0 aliphatic heterocycles. The lowest BCUT2D eigenvalue weighted by Gasteiger charge is -2.30. The molecule has 0 radical (unpaired) electrons. The first-order valence-electron chi connectivity index (χ1n) is 16.0. The van der Waals surface area contributed by atoms with Crippen LogP contribution in [0.3, 0.4) is 0 Å². The van der Waals surface area contributed by atoms with E-state index < -0.39 is 5.41 Å². The highest BCUT2D eigenvalue weighted by Gasteiger charge is 2.34. The molecule has 0 aliphatic rings. The molecule has 0 spiro atoms. The number of benzene rings is 2. The first kappa shape index (κ1) is 35.3. The normalized spacial score (nSPS) is 12.5. The third-order valence-electron chi connectivity index (χ3n) is 8.45. The Bertz CT molecular complexity index is 1040. The molecule has 0 saturated heterocycles. The number of hydrogen-bond acceptors (Lipinski definition) is 6. The molecule has 0 heterocycles. The minimum atomic E-state index is -0.610. The minimum Gasteiger partial charge on any atom is -0.497 e. The van der Waals surface area contributed by atoms with Gasteiger partial charge in [-0.2, -0.15) is 5.26 Å². The van der Waals surface area contributed by atoms with Gasteiger partial charge in [-0.25, -0.2) is 0 Å². The van der Waals surface area contributed by atoms with Crippen LogP contribution in [-0.4, -0.2) is 53.5 Å². The topological polar surface area (TPSA) is 64.0 Å². The number of methoxy groups -OCH3 is 4. The molecular formula is C36H56N2O4. The summed E-state index contributed by atoms with van der Waals surface area (Å²) in [7, 11) is 8.75. The Kier molecular flexibility index (Phi) is 16.9. The molecular weight excluding hydrogens is 524 g/mol. The number of likely N-dealkylation sites (N-methyl/N-ethyl adjacent to an activating group) is 1. The fraction of sp³-hybridized carbons (Fsp3) is 0.639. The van der Waals surface area contributed by atoms with E-state index in [2.05, 4.69) is 37.1 Å². The van der Waals surface area contributed by atoms with Crippen molar-refractivity contribution in [1.29, 1.82) is 5.26 Å². The molecule has 2 aromatic carbocycles. The van der Waals surface area contributed by atoms with E-state index in [1.165, 1.54) is 56.9 Å². The van der Waals surface area contributed by atoms with Crippen molar-refractivity contribution in [2.75, 3.05) is 48.6 Å². The van der Waals surface area contributed by atoms with E-state index in [0.717, 1.165) is 62.9 Å². The van der Waals surface area contributed by atoms with Crippen LogP contribution >= 0.6 is 0 Å². The molecule has 6 heteroatoms. The highest BCUT2D eigenvalue weighted by atomic mass is 16.5. The number of unbranched alkanes of at least 4 members (excludes halogenated alkanes) is 9. The van der Waals surface area contributed by atoms with Crippen molar-refractivity contribution >= 4 is 0 Å². The molecule has 0 amide bonds. The molecule has 0 aliphatic carbocycles. The van der Waals surface area contributed by atoms with Gasteiger partial charge in [0.25, 0.3) is 0 Å². The number of rotatable bonds is 23. The largest absolute Gasteiger partial charge is 0.497 e. The van der Waals surface area contributed by atoms with E-state index in [4.69, 9.17) is 18.9 Å². The van der Waals surface area contributed by atoms with E-state index in [-0.39, 0.29) is 0 Å². The van der Waals surface area contributed by atoms with Gasteiger partial charge in [0.15, 0.2) is 11.5 Å². The molecule has 2 aromatic rings. The van der Waals surface area contributed by atoms with Crippen molar-refractivity contribution < 1.29 is 18.9 Å². The molecule has 2 rings (SSSR count). The van der Waals surface area contributed by atoms with Crippen molar-refractivity contribution in [2.45, 2.75) is 102 Å². The summed E-state index contributed by atoms with van der Waals surface area (Å²) in [6.07, 6.45) is 16.3. The second kappa shape index (κ2) is 20.1. The zero-order chi connectivity index (χ0) is 30.6. The molecule has 0 fully saturated rings. The summed E-state index contributed by atoms with van der Waals surface area (Å²) in [6.45, 7) is 4.15. The van der Waals surface area contributed by atoms with E-state index in [1.807, 2.05) is 24.3 Å². The van der Waals surface area contributed by atoms with Gasteiger partial charge in [-0.3, -0.25) is 0 Å². The lowest BCUT2D eigenvalue weighted by Crippen LogP contribution is -2.28. The van der Waals surface area contributed by atoms with Crippen LogP contribution in [0.4, 0.5) is 0 Å². The lowest BCUT2D eigenvalue weighted by molar-refractivity contribution is 0.306. The van der Waals surface area contributed by atoms with Gasteiger partial charge in [0, 0.05) is 6.54 Å². The third kappa shape index (κ3) is 11.4. The Balaban J connectivity index is 2.05. The number of nitriles is 1. The summed E-state index contributed by atoms with van der Waals surface area (Å²) in [5.74, 6) is 2.66. The Morgan fingerprint density at radius 1 is 0.714 bits per heavy atom. The number of hydrogen-bond donors (Lipinski definition) is 0. The van der Waals surface area contributed by atoms with Crippen LogP contribution < -0.4 is 18.9 Å². The summed E-state index contributed by atoms with van der Waals surface area (Å²) in [6, 6.07) is 15.0. The lowest BCUT2D eigenvalue weighted by atomic mass is 9.73. The van der Waals surface area contributed by atoms with Crippen molar-refractivity contribution in [1.82, 2.24) is 4.90 Å². The summed E-state index contributed by atoms with van der Waals surface area (Å²) < 4.78 is 22.3. The smallest absolute Gasteiger partial charge is 0.203 e. The van der Waals surface area contributed by atoms with Gasteiger partial charge in [-0.15, -0.1) is 0 Å². The van der Waals surface area contributed by atoms with Gasteiger partial charge in [0.05, 0.1) is 39.9 Å². The van der Waals surface area contributed by atoms with Crippen LogP contribution in [0.25, 0.3) is 0 Å². The van der Waals surface area contributed by atoms with E-state index >= 15 is 0 Å². The average Bonchev–Trinajstić information content (AvgIpc) is 3.03. The molecule has 0 aromatic heterocycles. The Labute approximate surface area is 256 Å². The standard InChI is InChI=1S/C36H56N2O4/c1-7-8-9-10-11-12-13-14-15-16-22-36(29-37,31-27-33(40-4)35(42-6)34(28-31)41-5)23-18-24-38(2)25-21-30-19-17-20-32(26-30)39-3/h17,19-20,26-28H,7-16,18,21-25H2,1-6H3/t36-/m0/s1. The van der Waals surface area contributed by atoms with Crippen LogP contribution in [0.1, 0.15) is 102 Å². The van der Waals surface area contributed by atoms with E-state index in [9.17, 15) is 5.26 Å². The number of nitrogens with zero attached hydrogens (tertiary/aromatic N) is 2. The predicted molar refractivity (Wildman–Crippen MR) is 173 cm³/mol. The fourth-order valence-electron chi connectivity index (χ4n) is 5.77. The maximum Gasteiger partial charge on any atom is 0.203 e. The van der Waals surface area contributed by atoms with Gasteiger partial charge in [-0.05, 0) is 74.7 Å².